The van der Waals surface area contributed by atoms with Crippen molar-refractivity contribution in [3.63, 3.8) is 0 Å². The van der Waals surface area contributed by atoms with Crippen LogP contribution in [0.3, 0.4) is 0 Å². The Kier molecular flexibility index (Phi) is 3.70. The van der Waals surface area contributed by atoms with Crippen LogP contribution in [-0.4, -0.2) is 73.1 Å². The van der Waals surface area contributed by atoms with Gasteiger partial charge in [-0.2, -0.15) is 0 Å². The molecule has 2 saturated heterocycles. The van der Waals surface area contributed by atoms with E-state index in [4.69, 9.17) is 4.74 Å². The van der Waals surface area contributed by atoms with Gasteiger partial charge in [0.2, 0.25) is 11.8 Å². The van der Waals surface area contributed by atoms with Crippen molar-refractivity contribution in [3.05, 3.63) is 0 Å². The van der Waals surface area contributed by atoms with Crippen molar-refractivity contribution in [2.45, 2.75) is 31.4 Å². The molecule has 1 saturated carbocycles. The quantitative estimate of drug-likeness (QED) is 0.727. The Bertz CT molecular complexity index is 364. The van der Waals surface area contributed by atoms with Crippen LogP contribution >= 0.6 is 0 Å². The summed E-state index contributed by atoms with van der Waals surface area (Å²) in [5.74, 6) is 0.141. The van der Waals surface area contributed by atoms with Gasteiger partial charge in [0.15, 0.2) is 0 Å². The van der Waals surface area contributed by atoms with Crippen LogP contribution in [0.4, 0.5) is 0 Å². The van der Waals surface area contributed by atoms with Crippen LogP contribution in [0.2, 0.25) is 0 Å². The van der Waals surface area contributed by atoms with Crippen molar-refractivity contribution in [3.8, 4) is 0 Å². The zero-order chi connectivity index (χ0) is 13.2. The van der Waals surface area contributed by atoms with E-state index in [2.05, 4.69) is 5.32 Å². The molecule has 3 aliphatic rings. The highest BCUT2D eigenvalue weighted by atomic mass is 16.5. The van der Waals surface area contributed by atoms with Crippen molar-refractivity contribution in [1.29, 1.82) is 0 Å². The molecule has 6 heteroatoms. The lowest BCUT2D eigenvalue weighted by molar-refractivity contribution is -0.147. The second-order valence-electron chi connectivity index (χ2n) is 5.53. The highest BCUT2D eigenvalue weighted by Crippen LogP contribution is 2.28. The maximum Gasteiger partial charge on any atom is 0.242 e. The van der Waals surface area contributed by atoms with E-state index in [1.165, 1.54) is 0 Å². The Balaban J connectivity index is 1.48. The molecule has 19 heavy (non-hydrogen) atoms. The van der Waals surface area contributed by atoms with E-state index >= 15 is 0 Å². The topological polar surface area (TPSA) is 61.9 Å². The van der Waals surface area contributed by atoms with Crippen LogP contribution in [0, 0.1) is 0 Å². The molecule has 0 aromatic carbocycles. The van der Waals surface area contributed by atoms with Crippen LogP contribution in [-0.2, 0) is 14.3 Å². The van der Waals surface area contributed by atoms with Gasteiger partial charge in [-0.3, -0.25) is 9.59 Å². The van der Waals surface area contributed by atoms with Gasteiger partial charge >= 0.3 is 0 Å². The summed E-state index contributed by atoms with van der Waals surface area (Å²) >= 11 is 0. The van der Waals surface area contributed by atoms with E-state index in [1.807, 2.05) is 4.90 Å². The van der Waals surface area contributed by atoms with Crippen molar-refractivity contribution < 1.29 is 14.3 Å². The fraction of sp³-hybridized carbons (Fsp3) is 0.846. The van der Waals surface area contributed by atoms with E-state index in [0.717, 1.165) is 25.9 Å². The van der Waals surface area contributed by atoms with Crippen LogP contribution in [0.1, 0.15) is 19.3 Å². The lowest BCUT2D eigenvalue weighted by Crippen LogP contribution is -2.53. The van der Waals surface area contributed by atoms with Gasteiger partial charge in [-0.05, 0) is 12.8 Å². The second-order valence-corrected chi connectivity index (χ2v) is 5.53. The number of nitrogens with zero attached hydrogens (tertiary/aromatic N) is 2. The van der Waals surface area contributed by atoms with Crippen LogP contribution in [0.5, 0.6) is 0 Å². The minimum Gasteiger partial charge on any atom is -0.375 e. The van der Waals surface area contributed by atoms with E-state index in [9.17, 15) is 9.59 Å². The van der Waals surface area contributed by atoms with Crippen LogP contribution in [0.15, 0.2) is 0 Å². The third-order valence-electron chi connectivity index (χ3n) is 4.00. The normalized spacial score (nSPS) is 28.6. The van der Waals surface area contributed by atoms with Crippen molar-refractivity contribution in [1.82, 2.24) is 15.1 Å². The predicted octanol–water partition coefficient (Wildman–Crippen LogP) is -0.802. The molecule has 1 N–H and O–H groups in total. The SMILES string of the molecule is O=C(CC1CNCCO1)N1CCN(C2CC2)C(=O)C1. The first-order valence-electron chi connectivity index (χ1n) is 7.13. The van der Waals surface area contributed by atoms with Gasteiger partial charge in [0.25, 0.3) is 0 Å². The molecular weight excluding hydrogens is 246 g/mol. The number of hydrogen-bond acceptors (Lipinski definition) is 4. The Labute approximate surface area is 113 Å². The number of amides is 2. The number of ether oxygens (including phenoxy) is 1. The van der Waals surface area contributed by atoms with Crippen molar-refractivity contribution >= 4 is 11.8 Å². The first-order valence-corrected chi connectivity index (χ1v) is 7.13. The molecule has 2 amide bonds. The molecule has 1 unspecified atom stereocenters. The van der Waals surface area contributed by atoms with E-state index < -0.39 is 0 Å². The van der Waals surface area contributed by atoms with Crippen molar-refractivity contribution in [2.24, 2.45) is 0 Å². The summed E-state index contributed by atoms with van der Waals surface area (Å²) in [5.41, 5.74) is 0. The summed E-state index contributed by atoms with van der Waals surface area (Å²) in [5, 5.41) is 3.21. The largest absolute Gasteiger partial charge is 0.375 e. The minimum atomic E-state index is -0.0437. The monoisotopic (exact) mass is 267 g/mol. The number of piperazine rings is 1. The minimum absolute atomic E-state index is 0.0393. The van der Waals surface area contributed by atoms with Gasteiger partial charge in [0, 0.05) is 32.2 Å². The lowest BCUT2D eigenvalue weighted by Gasteiger charge is -2.35. The average molecular weight is 267 g/mol. The number of hydrogen-bond donors (Lipinski definition) is 1. The molecule has 3 rings (SSSR count). The maximum atomic E-state index is 12.2. The third-order valence-corrected chi connectivity index (χ3v) is 4.00. The summed E-state index contributed by atoms with van der Waals surface area (Å²) in [6.45, 7) is 3.84. The maximum absolute atomic E-state index is 12.2. The Morgan fingerprint density at radius 2 is 2.21 bits per heavy atom. The van der Waals surface area contributed by atoms with Gasteiger partial charge in [-0.1, -0.05) is 0 Å². The van der Waals surface area contributed by atoms with Crippen LogP contribution in [0.25, 0.3) is 0 Å². The van der Waals surface area contributed by atoms with E-state index in [0.29, 0.717) is 32.2 Å². The van der Waals surface area contributed by atoms with Gasteiger partial charge in [0.1, 0.15) is 0 Å². The van der Waals surface area contributed by atoms with E-state index in [1.54, 1.807) is 4.90 Å². The standard InChI is InChI=1S/C13H21N3O3/c17-12(7-11-8-14-3-6-19-11)15-4-5-16(10-1-2-10)13(18)9-15/h10-11,14H,1-9H2. The van der Waals surface area contributed by atoms with Crippen LogP contribution < -0.4 is 5.32 Å². The van der Waals surface area contributed by atoms with E-state index in [-0.39, 0.29) is 24.5 Å². The number of carbonyl (C=O) groups excluding carboxylic acids is 2. The van der Waals surface area contributed by atoms with Crippen molar-refractivity contribution in [2.75, 3.05) is 39.3 Å². The molecule has 0 bridgehead atoms. The molecule has 0 radical (unpaired) electrons. The number of rotatable bonds is 3. The molecule has 1 aliphatic carbocycles. The smallest absolute Gasteiger partial charge is 0.242 e. The summed E-state index contributed by atoms with van der Waals surface area (Å²) in [4.78, 5) is 27.7. The average Bonchev–Trinajstić information content (AvgIpc) is 3.24. The fourth-order valence-corrected chi connectivity index (χ4v) is 2.75. The third kappa shape index (κ3) is 3.06. The number of carbonyl (C=O) groups is 2. The number of morpholine rings is 1. The Morgan fingerprint density at radius 3 is 2.84 bits per heavy atom. The molecule has 2 heterocycles. The zero-order valence-corrected chi connectivity index (χ0v) is 11.1. The van der Waals surface area contributed by atoms with Gasteiger partial charge < -0.3 is 19.9 Å². The first-order chi connectivity index (χ1) is 9.24. The highest BCUT2D eigenvalue weighted by molar-refractivity contribution is 5.86. The lowest BCUT2D eigenvalue weighted by atomic mass is 10.2. The molecular formula is C13H21N3O3. The summed E-state index contributed by atoms with van der Waals surface area (Å²) < 4.78 is 5.53. The second kappa shape index (κ2) is 5.46. The number of nitrogens with one attached hydrogen (secondary N) is 1. The molecule has 1 atom stereocenters. The molecule has 0 aromatic heterocycles. The van der Waals surface area contributed by atoms with Gasteiger partial charge in [-0.15, -0.1) is 0 Å². The molecule has 3 fully saturated rings. The molecule has 106 valence electrons. The molecule has 2 aliphatic heterocycles. The summed E-state index contributed by atoms with van der Waals surface area (Å²) in [6, 6.07) is 0.454. The molecule has 0 aromatic rings. The first kappa shape index (κ1) is 12.9. The molecule has 0 spiro atoms. The molecule has 6 nitrogen and oxygen atoms in total. The Hall–Kier alpha value is -1.14. The summed E-state index contributed by atoms with van der Waals surface area (Å²) in [6.07, 6.45) is 2.59. The fourth-order valence-electron chi connectivity index (χ4n) is 2.75. The highest BCUT2D eigenvalue weighted by Gasteiger charge is 2.37. The Morgan fingerprint density at radius 1 is 1.37 bits per heavy atom. The van der Waals surface area contributed by atoms with Gasteiger partial charge in [-0.25, -0.2) is 0 Å². The summed E-state index contributed by atoms with van der Waals surface area (Å²) in [7, 11) is 0. The predicted molar refractivity (Wildman–Crippen MR) is 68.5 cm³/mol. The van der Waals surface area contributed by atoms with Gasteiger partial charge in [0.05, 0.1) is 25.7 Å². The zero-order valence-electron chi connectivity index (χ0n) is 11.1.